The molecule has 0 atom stereocenters. The molecule has 0 bridgehead atoms. The van der Waals surface area contributed by atoms with Gasteiger partial charge in [-0.15, -0.1) is 0 Å². The minimum absolute atomic E-state index is 0.0797. The number of nitrogens with one attached hydrogen (secondary N) is 3. The van der Waals surface area contributed by atoms with E-state index in [0.29, 0.717) is 12.1 Å². The highest BCUT2D eigenvalue weighted by Gasteiger charge is 2.13. The summed E-state index contributed by atoms with van der Waals surface area (Å²) < 4.78 is 0. The van der Waals surface area contributed by atoms with E-state index in [1.807, 2.05) is 31.0 Å². The minimum Gasteiger partial charge on any atom is -0.336 e. The lowest BCUT2D eigenvalue weighted by Crippen LogP contribution is -2.45. The summed E-state index contributed by atoms with van der Waals surface area (Å²) in [4.78, 5) is 23.7. The minimum atomic E-state index is -0.188. The molecule has 0 aliphatic carbocycles. The first-order valence-electron chi connectivity index (χ1n) is 8.24. The largest absolute Gasteiger partial charge is 0.336 e. The van der Waals surface area contributed by atoms with Gasteiger partial charge in [-0.2, -0.15) is 0 Å². The van der Waals surface area contributed by atoms with Gasteiger partial charge in [-0.1, -0.05) is 18.6 Å². The van der Waals surface area contributed by atoms with Crippen molar-refractivity contribution < 1.29 is 9.59 Å². The Bertz CT molecular complexity index is 522. The summed E-state index contributed by atoms with van der Waals surface area (Å²) in [5.74, 6) is -0.0797. The Hall–Kier alpha value is -2.08. The molecular weight excluding hydrogens is 292 g/mol. The molecule has 0 aromatic heterocycles. The van der Waals surface area contributed by atoms with E-state index in [9.17, 15) is 9.59 Å². The van der Waals surface area contributed by atoms with E-state index in [0.717, 1.165) is 31.5 Å². The highest BCUT2D eigenvalue weighted by molar-refractivity contribution is 5.93. The van der Waals surface area contributed by atoms with Crippen LogP contribution in [0.5, 0.6) is 0 Å². The van der Waals surface area contributed by atoms with Crippen LogP contribution >= 0.6 is 0 Å². The number of amides is 3. The summed E-state index contributed by atoms with van der Waals surface area (Å²) in [6.45, 7) is 6.09. The summed E-state index contributed by atoms with van der Waals surface area (Å²) >= 11 is 0. The van der Waals surface area contributed by atoms with Gasteiger partial charge in [-0.05, 0) is 44.4 Å². The summed E-state index contributed by atoms with van der Waals surface area (Å²) in [6, 6.07) is 7.22. The fraction of sp³-hybridized carbons (Fsp3) is 0.529. The van der Waals surface area contributed by atoms with Crippen LogP contribution in [-0.2, 0) is 6.54 Å². The third kappa shape index (κ3) is 5.90. The molecule has 6 nitrogen and oxygen atoms in total. The monoisotopic (exact) mass is 318 g/mol. The molecule has 1 aromatic carbocycles. The third-order valence-electron chi connectivity index (χ3n) is 3.70. The second kappa shape index (κ2) is 8.53. The molecule has 1 aromatic rings. The van der Waals surface area contributed by atoms with E-state index in [4.69, 9.17) is 0 Å². The van der Waals surface area contributed by atoms with Gasteiger partial charge in [0.05, 0.1) is 0 Å². The van der Waals surface area contributed by atoms with Crippen molar-refractivity contribution in [1.82, 2.24) is 21.1 Å². The number of nitrogens with zero attached hydrogens (tertiary/aromatic N) is 1. The van der Waals surface area contributed by atoms with Gasteiger partial charge in [0.1, 0.15) is 0 Å². The van der Waals surface area contributed by atoms with E-state index in [1.165, 1.54) is 6.42 Å². The van der Waals surface area contributed by atoms with Crippen LogP contribution in [0, 0.1) is 0 Å². The van der Waals surface area contributed by atoms with E-state index in [1.54, 1.807) is 12.1 Å². The molecule has 1 aliphatic heterocycles. The van der Waals surface area contributed by atoms with Crippen LogP contribution in [0.4, 0.5) is 4.79 Å². The average Bonchev–Trinajstić information content (AvgIpc) is 2.54. The second-order valence-corrected chi connectivity index (χ2v) is 6.17. The van der Waals surface area contributed by atoms with Gasteiger partial charge >= 0.3 is 6.03 Å². The number of benzene rings is 1. The number of hydrazine groups is 1. The fourth-order valence-electron chi connectivity index (χ4n) is 2.48. The van der Waals surface area contributed by atoms with Crippen LogP contribution in [0.1, 0.15) is 49.0 Å². The number of hydrogen-bond donors (Lipinski definition) is 3. The Labute approximate surface area is 137 Å². The molecule has 2 rings (SSSR count). The highest BCUT2D eigenvalue weighted by Crippen LogP contribution is 2.08. The maximum Gasteiger partial charge on any atom is 0.315 e. The highest BCUT2D eigenvalue weighted by atomic mass is 16.2. The van der Waals surface area contributed by atoms with Gasteiger partial charge in [0.15, 0.2) is 0 Å². The van der Waals surface area contributed by atoms with Crippen molar-refractivity contribution in [3.8, 4) is 0 Å². The molecule has 3 N–H and O–H groups in total. The first-order chi connectivity index (χ1) is 11.0. The summed E-state index contributed by atoms with van der Waals surface area (Å²) in [5, 5.41) is 7.54. The third-order valence-corrected chi connectivity index (χ3v) is 3.70. The van der Waals surface area contributed by atoms with Crippen LogP contribution in [0.25, 0.3) is 0 Å². The smallest absolute Gasteiger partial charge is 0.315 e. The standard InChI is InChI=1S/C17H26N4O2/c1-13(2)19-17(23)18-12-14-6-8-15(9-7-14)16(22)20-21-10-4-3-5-11-21/h6-9,13H,3-5,10-12H2,1-2H3,(H,20,22)(H2,18,19,23). The van der Waals surface area contributed by atoms with Crippen LogP contribution in [-0.4, -0.2) is 36.1 Å². The molecule has 1 fully saturated rings. The van der Waals surface area contributed by atoms with Crippen molar-refractivity contribution in [2.75, 3.05) is 13.1 Å². The van der Waals surface area contributed by atoms with Gasteiger partial charge in [0.25, 0.3) is 5.91 Å². The molecule has 1 saturated heterocycles. The normalized spacial score (nSPS) is 15.3. The lowest BCUT2D eigenvalue weighted by atomic mass is 10.1. The Morgan fingerprint density at radius 3 is 2.35 bits per heavy atom. The number of hydrogen-bond acceptors (Lipinski definition) is 3. The van der Waals surface area contributed by atoms with Crippen molar-refractivity contribution in [1.29, 1.82) is 0 Å². The maximum atomic E-state index is 12.2. The molecule has 0 saturated carbocycles. The zero-order valence-electron chi connectivity index (χ0n) is 13.9. The number of rotatable bonds is 5. The summed E-state index contributed by atoms with van der Waals surface area (Å²) in [6.07, 6.45) is 3.49. The first-order valence-corrected chi connectivity index (χ1v) is 8.24. The Morgan fingerprint density at radius 2 is 1.74 bits per heavy atom. The molecule has 0 unspecified atom stereocenters. The maximum absolute atomic E-state index is 12.2. The average molecular weight is 318 g/mol. The van der Waals surface area contributed by atoms with Crippen LogP contribution in [0.2, 0.25) is 0 Å². The topological polar surface area (TPSA) is 73.5 Å². The van der Waals surface area contributed by atoms with E-state index < -0.39 is 0 Å². The predicted octanol–water partition coefficient (Wildman–Crippen LogP) is 2.02. The Balaban J connectivity index is 1.81. The lowest BCUT2D eigenvalue weighted by molar-refractivity contribution is 0.0750. The van der Waals surface area contributed by atoms with Crippen LogP contribution < -0.4 is 16.1 Å². The number of carbonyl (C=O) groups excluding carboxylic acids is 2. The number of carbonyl (C=O) groups is 2. The lowest BCUT2D eigenvalue weighted by Gasteiger charge is -2.26. The van der Waals surface area contributed by atoms with Gasteiger partial charge in [-0.25, -0.2) is 9.80 Å². The SMILES string of the molecule is CC(C)NC(=O)NCc1ccc(C(=O)NN2CCCCC2)cc1. The summed E-state index contributed by atoms with van der Waals surface area (Å²) in [5.41, 5.74) is 4.53. The zero-order chi connectivity index (χ0) is 16.7. The quantitative estimate of drug-likeness (QED) is 0.778. The molecule has 23 heavy (non-hydrogen) atoms. The molecule has 1 heterocycles. The molecule has 0 radical (unpaired) electrons. The van der Waals surface area contributed by atoms with Gasteiger partial charge in [-0.3, -0.25) is 10.2 Å². The Morgan fingerprint density at radius 1 is 1.09 bits per heavy atom. The Kier molecular flexibility index (Phi) is 6.40. The molecule has 1 aliphatic rings. The van der Waals surface area contributed by atoms with Crippen molar-refractivity contribution in [3.05, 3.63) is 35.4 Å². The predicted molar refractivity (Wildman–Crippen MR) is 89.8 cm³/mol. The number of urea groups is 1. The first kappa shape index (κ1) is 17.3. The summed E-state index contributed by atoms with van der Waals surface area (Å²) in [7, 11) is 0. The van der Waals surface area contributed by atoms with Crippen molar-refractivity contribution in [3.63, 3.8) is 0 Å². The second-order valence-electron chi connectivity index (χ2n) is 6.17. The van der Waals surface area contributed by atoms with E-state index in [2.05, 4.69) is 16.1 Å². The van der Waals surface area contributed by atoms with Gasteiger partial charge in [0.2, 0.25) is 0 Å². The molecular formula is C17H26N4O2. The van der Waals surface area contributed by atoms with Crippen molar-refractivity contribution in [2.45, 2.75) is 45.7 Å². The van der Waals surface area contributed by atoms with Crippen LogP contribution in [0.15, 0.2) is 24.3 Å². The van der Waals surface area contributed by atoms with E-state index in [-0.39, 0.29) is 18.0 Å². The number of piperidine rings is 1. The fourth-order valence-corrected chi connectivity index (χ4v) is 2.48. The molecule has 0 spiro atoms. The molecule has 3 amide bonds. The van der Waals surface area contributed by atoms with Gasteiger partial charge < -0.3 is 10.6 Å². The molecule has 126 valence electrons. The zero-order valence-corrected chi connectivity index (χ0v) is 13.9. The van der Waals surface area contributed by atoms with E-state index >= 15 is 0 Å². The van der Waals surface area contributed by atoms with Crippen molar-refractivity contribution in [2.24, 2.45) is 0 Å². The van der Waals surface area contributed by atoms with Gasteiger partial charge in [0, 0.05) is 31.2 Å². The van der Waals surface area contributed by atoms with Crippen molar-refractivity contribution >= 4 is 11.9 Å². The molecule has 6 heteroatoms. The van der Waals surface area contributed by atoms with Crippen LogP contribution in [0.3, 0.4) is 0 Å².